The number of benzene rings is 1. The predicted molar refractivity (Wildman–Crippen MR) is 84.5 cm³/mol. The molecule has 0 amide bonds. The van der Waals surface area contributed by atoms with Crippen molar-refractivity contribution in [1.82, 2.24) is 4.90 Å². The van der Waals surface area contributed by atoms with Gasteiger partial charge in [-0.3, -0.25) is 4.90 Å². The number of likely N-dealkylation sites (tertiary alicyclic amines) is 1. The second kappa shape index (κ2) is 7.58. The molecule has 1 aromatic carbocycles. The van der Waals surface area contributed by atoms with Crippen LogP contribution in [-0.2, 0) is 9.47 Å². The van der Waals surface area contributed by atoms with E-state index in [0.717, 1.165) is 62.5 Å². The Hall–Kier alpha value is -0.620. The highest BCUT2D eigenvalue weighted by molar-refractivity contribution is 9.10. The minimum absolute atomic E-state index is 0.0474. The molecular weight excluding hydrogens is 334 g/mol. The van der Waals surface area contributed by atoms with Crippen LogP contribution in [0.15, 0.2) is 28.7 Å². The Morgan fingerprint density at radius 2 is 1.76 bits per heavy atom. The van der Waals surface area contributed by atoms with Crippen LogP contribution in [0.5, 0.6) is 5.75 Å². The summed E-state index contributed by atoms with van der Waals surface area (Å²) < 4.78 is 18.1. The highest BCUT2D eigenvalue weighted by atomic mass is 79.9. The largest absolute Gasteiger partial charge is 0.492 e. The van der Waals surface area contributed by atoms with Crippen molar-refractivity contribution in [1.29, 1.82) is 0 Å². The molecule has 2 aliphatic rings. The van der Waals surface area contributed by atoms with Gasteiger partial charge in [0.15, 0.2) is 6.29 Å². The molecule has 5 heteroatoms. The maximum atomic E-state index is 5.78. The fourth-order valence-corrected chi connectivity index (χ4v) is 3.19. The van der Waals surface area contributed by atoms with E-state index in [0.29, 0.717) is 5.92 Å². The van der Waals surface area contributed by atoms with Crippen molar-refractivity contribution in [3.63, 3.8) is 0 Å². The van der Waals surface area contributed by atoms with Crippen molar-refractivity contribution >= 4 is 15.9 Å². The third kappa shape index (κ3) is 4.42. The van der Waals surface area contributed by atoms with E-state index < -0.39 is 0 Å². The van der Waals surface area contributed by atoms with Crippen LogP contribution in [0.4, 0.5) is 0 Å². The Kier molecular flexibility index (Phi) is 5.52. The smallest absolute Gasteiger partial charge is 0.160 e. The molecule has 0 aromatic heterocycles. The summed E-state index contributed by atoms with van der Waals surface area (Å²) in [6, 6.07) is 7.99. The van der Waals surface area contributed by atoms with Crippen molar-refractivity contribution in [2.45, 2.75) is 19.1 Å². The van der Waals surface area contributed by atoms with Gasteiger partial charge in [0.05, 0.1) is 13.2 Å². The topological polar surface area (TPSA) is 30.9 Å². The maximum Gasteiger partial charge on any atom is 0.160 e. The van der Waals surface area contributed by atoms with Crippen LogP contribution in [0, 0.1) is 5.92 Å². The molecule has 0 bridgehead atoms. The average Bonchev–Trinajstić information content (AvgIpc) is 3.04. The van der Waals surface area contributed by atoms with Gasteiger partial charge >= 0.3 is 0 Å². The lowest BCUT2D eigenvalue weighted by Crippen LogP contribution is -2.39. The minimum atomic E-state index is 0.0474. The Bertz CT molecular complexity index is 426. The van der Waals surface area contributed by atoms with Crippen molar-refractivity contribution < 1.29 is 14.2 Å². The molecular formula is C16H22BrNO3. The predicted octanol–water partition coefficient (Wildman–Crippen LogP) is 2.91. The van der Waals surface area contributed by atoms with Gasteiger partial charge in [0.2, 0.25) is 0 Å². The summed E-state index contributed by atoms with van der Waals surface area (Å²) >= 11 is 3.43. The van der Waals surface area contributed by atoms with E-state index in [-0.39, 0.29) is 6.29 Å². The van der Waals surface area contributed by atoms with Crippen LogP contribution < -0.4 is 4.74 Å². The van der Waals surface area contributed by atoms with Gasteiger partial charge in [0.1, 0.15) is 12.4 Å². The summed E-state index contributed by atoms with van der Waals surface area (Å²) in [5.74, 6) is 1.50. The molecule has 2 aliphatic heterocycles. The van der Waals surface area contributed by atoms with Crippen LogP contribution in [0.1, 0.15) is 12.8 Å². The van der Waals surface area contributed by atoms with E-state index in [2.05, 4.69) is 20.8 Å². The third-order valence-corrected chi connectivity index (χ3v) is 4.68. The Morgan fingerprint density at radius 1 is 1.10 bits per heavy atom. The van der Waals surface area contributed by atoms with Crippen LogP contribution >= 0.6 is 15.9 Å². The standard InChI is InChI=1S/C16H22BrNO3/c17-14-1-3-15(4-2-14)19-10-9-18-7-5-13(6-8-18)16-20-11-12-21-16/h1-4,13,16H,5-12H2. The van der Waals surface area contributed by atoms with Gasteiger partial charge in [-0.25, -0.2) is 0 Å². The van der Waals surface area contributed by atoms with Gasteiger partial charge in [-0.15, -0.1) is 0 Å². The zero-order chi connectivity index (χ0) is 14.5. The molecule has 116 valence electrons. The number of ether oxygens (including phenoxy) is 3. The SMILES string of the molecule is Brc1ccc(OCCN2CCC(C3OCCO3)CC2)cc1. The van der Waals surface area contributed by atoms with Gasteiger partial charge in [0.25, 0.3) is 0 Å². The molecule has 2 saturated heterocycles. The van der Waals surface area contributed by atoms with Gasteiger partial charge in [-0.1, -0.05) is 15.9 Å². The van der Waals surface area contributed by atoms with Crippen LogP contribution in [0.25, 0.3) is 0 Å². The lowest BCUT2D eigenvalue weighted by molar-refractivity contribution is -0.0976. The second-order valence-corrected chi connectivity index (χ2v) is 6.51. The first-order valence-corrected chi connectivity index (χ1v) is 8.44. The zero-order valence-corrected chi connectivity index (χ0v) is 13.8. The second-order valence-electron chi connectivity index (χ2n) is 5.59. The first-order valence-electron chi connectivity index (χ1n) is 7.65. The van der Waals surface area contributed by atoms with Gasteiger partial charge in [-0.05, 0) is 50.2 Å². The first-order chi connectivity index (χ1) is 10.3. The molecule has 4 nitrogen and oxygen atoms in total. The van der Waals surface area contributed by atoms with E-state index in [9.17, 15) is 0 Å². The van der Waals surface area contributed by atoms with E-state index in [4.69, 9.17) is 14.2 Å². The van der Waals surface area contributed by atoms with Gasteiger partial charge in [0, 0.05) is 16.9 Å². The summed E-state index contributed by atoms with van der Waals surface area (Å²) in [6.45, 7) is 5.45. The fraction of sp³-hybridized carbons (Fsp3) is 0.625. The van der Waals surface area contributed by atoms with Crippen LogP contribution in [-0.4, -0.2) is 50.6 Å². The molecule has 0 aliphatic carbocycles. The molecule has 0 N–H and O–H groups in total. The van der Waals surface area contributed by atoms with E-state index in [1.54, 1.807) is 0 Å². The number of piperidine rings is 1. The quantitative estimate of drug-likeness (QED) is 0.812. The molecule has 0 radical (unpaired) electrons. The summed E-state index contributed by atoms with van der Waals surface area (Å²) in [5, 5.41) is 0. The molecule has 1 aromatic rings. The Labute approximate surface area is 134 Å². The van der Waals surface area contributed by atoms with E-state index in [1.807, 2.05) is 24.3 Å². The van der Waals surface area contributed by atoms with Crippen molar-refractivity contribution in [2.75, 3.05) is 39.5 Å². The van der Waals surface area contributed by atoms with Gasteiger partial charge in [-0.2, -0.15) is 0 Å². The number of hydrogen-bond acceptors (Lipinski definition) is 4. The zero-order valence-electron chi connectivity index (χ0n) is 12.2. The summed E-state index contributed by atoms with van der Waals surface area (Å²) in [7, 11) is 0. The number of hydrogen-bond donors (Lipinski definition) is 0. The molecule has 21 heavy (non-hydrogen) atoms. The van der Waals surface area contributed by atoms with E-state index >= 15 is 0 Å². The molecule has 0 spiro atoms. The van der Waals surface area contributed by atoms with Crippen molar-refractivity contribution in [3.8, 4) is 5.75 Å². The Balaban J connectivity index is 1.34. The van der Waals surface area contributed by atoms with Gasteiger partial charge < -0.3 is 14.2 Å². The summed E-state index contributed by atoms with van der Waals surface area (Å²) in [5.41, 5.74) is 0. The van der Waals surface area contributed by atoms with Crippen LogP contribution in [0.3, 0.4) is 0 Å². The molecule has 0 saturated carbocycles. The lowest BCUT2D eigenvalue weighted by atomic mass is 9.96. The fourth-order valence-electron chi connectivity index (χ4n) is 2.92. The van der Waals surface area contributed by atoms with E-state index in [1.165, 1.54) is 0 Å². The number of nitrogens with zero attached hydrogens (tertiary/aromatic N) is 1. The maximum absolute atomic E-state index is 5.78. The minimum Gasteiger partial charge on any atom is -0.492 e. The highest BCUT2D eigenvalue weighted by Gasteiger charge is 2.30. The third-order valence-electron chi connectivity index (χ3n) is 4.15. The normalized spacial score (nSPS) is 21.8. The molecule has 3 rings (SSSR count). The molecule has 2 heterocycles. The molecule has 0 atom stereocenters. The van der Waals surface area contributed by atoms with Crippen LogP contribution in [0.2, 0.25) is 0 Å². The molecule has 2 fully saturated rings. The summed E-state index contributed by atoms with van der Waals surface area (Å²) in [4.78, 5) is 2.46. The molecule has 0 unspecified atom stereocenters. The summed E-state index contributed by atoms with van der Waals surface area (Å²) in [6.07, 6.45) is 2.36. The monoisotopic (exact) mass is 355 g/mol. The Morgan fingerprint density at radius 3 is 2.43 bits per heavy atom. The number of halogens is 1. The average molecular weight is 356 g/mol. The highest BCUT2D eigenvalue weighted by Crippen LogP contribution is 2.25. The van der Waals surface area contributed by atoms with Crippen molar-refractivity contribution in [2.24, 2.45) is 5.92 Å². The number of rotatable bonds is 5. The lowest BCUT2D eigenvalue weighted by Gasteiger charge is -2.33. The first kappa shape index (κ1) is 15.3. The van der Waals surface area contributed by atoms with Crippen molar-refractivity contribution in [3.05, 3.63) is 28.7 Å².